The summed E-state index contributed by atoms with van der Waals surface area (Å²) in [7, 11) is 0. The molecular weight excluding hydrogens is 326 g/mol. The Kier molecular flexibility index (Phi) is 6.24. The average molecular weight is 339 g/mol. The Morgan fingerprint density at radius 2 is 2.07 bits per heavy atom. The van der Waals surface area contributed by atoms with Crippen LogP contribution in [0.4, 0.5) is 5.69 Å². The molecule has 84 valence electrons. The van der Waals surface area contributed by atoms with E-state index in [0.717, 1.165) is 21.2 Å². The number of rotatable bonds is 6. The minimum atomic E-state index is 0.0700. The fourth-order valence-electron chi connectivity index (χ4n) is 1.06. The molecule has 15 heavy (non-hydrogen) atoms. The lowest BCUT2D eigenvalue weighted by Gasteiger charge is -2.09. The van der Waals surface area contributed by atoms with Gasteiger partial charge >= 0.3 is 0 Å². The predicted octanol–water partition coefficient (Wildman–Crippen LogP) is 2.63. The molecule has 1 aromatic carbocycles. The Labute approximate surface area is 106 Å². The fourth-order valence-corrected chi connectivity index (χ4v) is 1.81. The zero-order chi connectivity index (χ0) is 11.1. The van der Waals surface area contributed by atoms with Crippen LogP contribution >= 0.6 is 31.9 Å². The number of aliphatic hydroxyl groups is 1. The van der Waals surface area contributed by atoms with E-state index >= 15 is 0 Å². The SMILES string of the molecule is OCCOCCNc1cc(Br)ccc1Br. The molecule has 0 amide bonds. The molecule has 0 fully saturated rings. The van der Waals surface area contributed by atoms with Crippen molar-refractivity contribution < 1.29 is 9.84 Å². The molecule has 1 aromatic rings. The molecule has 5 heteroatoms. The molecule has 0 aliphatic rings. The van der Waals surface area contributed by atoms with Gasteiger partial charge in [-0.15, -0.1) is 0 Å². The van der Waals surface area contributed by atoms with Gasteiger partial charge in [-0.05, 0) is 34.1 Å². The zero-order valence-electron chi connectivity index (χ0n) is 8.17. The molecule has 0 saturated heterocycles. The first-order valence-electron chi connectivity index (χ1n) is 4.61. The third-order valence-corrected chi connectivity index (χ3v) is 2.91. The van der Waals surface area contributed by atoms with Crippen molar-refractivity contribution in [2.75, 3.05) is 31.7 Å². The van der Waals surface area contributed by atoms with Crippen molar-refractivity contribution >= 4 is 37.5 Å². The summed E-state index contributed by atoms with van der Waals surface area (Å²) < 4.78 is 7.19. The summed E-state index contributed by atoms with van der Waals surface area (Å²) in [5.74, 6) is 0. The van der Waals surface area contributed by atoms with Gasteiger partial charge < -0.3 is 15.2 Å². The average Bonchev–Trinajstić information content (AvgIpc) is 2.23. The molecule has 0 aliphatic carbocycles. The van der Waals surface area contributed by atoms with E-state index in [9.17, 15) is 0 Å². The van der Waals surface area contributed by atoms with Crippen molar-refractivity contribution in [1.29, 1.82) is 0 Å². The van der Waals surface area contributed by atoms with Crippen LogP contribution in [-0.4, -0.2) is 31.5 Å². The predicted molar refractivity (Wildman–Crippen MR) is 68.2 cm³/mol. The van der Waals surface area contributed by atoms with Crippen LogP contribution in [0.3, 0.4) is 0 Å². The summed E-state index contributed by atoms with van der Waals surface area (Å²) in [5.41, 5.74) is 1.02. The van der Waals surface area contributed by atoms with Crippen molar-refractivity contribution in [3.05, 3.63) is 27.1 Å². The van der Waals surface area contributed by atoms with Crippen LogP contribution in [0.2, 0.25) is 0 Å². The molecule has 0 heterocycles. The standard InChI is InChI=1S/C10H13Br2NO2/c11-8-1-2-9(12)10(7-8)13-3-5-15-6-4-14/h1-2,7,13-14H,3-6H2. The Morgan fingerprint density at radius 1 is 1.27 bits per heavy atom. The third kappa shape index (κ3) is 4.97. The first-order chi connectivity index (χ1) is 7.24. The van der Waals surface area contributed by atoms with E-state index < -0.39 is 0 Å². The first-order valence-corrected chi connectivity index (χ1v) is 6.20. The Balaban J connectivity index is 2.33. The maximum Gasteiger partial charge on any atom is 0.0698 e. The molecule has 0 aliphatic heterocycles. The minimum absolute atomic E-state index is 0.0700. The Morgan fingerprint density at radius 3 is 2.80 bits per heavy atom. The van der Waals surface area contributed by atoms with Crippen LogP contribution in [0, 0.1) is 0 Å². The van der Waals surface area contributed by atoms with Gasteiger partial charge in [0, 0.05) is 21.2 Å². The second-order valence-electron chi connectivity index (χ2n) is 2.89. The smallest absolute Gasteiger partial charge is 0.0698 e. The summed E-state index contributed by atoms with van der Waals surface area (Å²) in [5, 5.41) is 11.7. The molecule has 3 nitrogen and oxygen atoms in total. The highest BCUT2D eigenvalue weighted by atomic mass is 79.9. The summed E-state index contributed by atoms with van der Waals surface area (Å²) in [6.45, 7) is 1.76. The van der Waals surface area contributed by atoms with E-state index in [4.69, 9.17) is 9.84 Å². The van der Waals surface area contributed by atoms with E-state index in [0.29, 0.717) is 13.2 Å². The summed E-state index contributed by atoms with van der Waals surface area (Å²) in [6, 6.07) is 5.94. The Hall–Kier alpha value is -0.100. The van der Waals surface area contributed by atoms with Gasteiger partial charge in [0.2, 0.25) is 0 Å². The first kappa shape index (κ1) is 13.0. The van der Waals surface area contributed by atoms with Crippen molar-refractivity contribution in [2.45, 2.75) is 0 Å². The van der Waals surface area contributed by atoms with Gasteiger partial charge in [0.15, 0.2) is 0 Å². The van der Waals surface area contributed by atoms with Crippen LogP contribution in [0.25, 0.3) is 0 Å². The topological polar surface area (TPSA) is 41.5 Å². The lowest BCUT2D eigenvalue weighted by Crippen LogP contribution is -2.11. The molecular formula is C10H13Br2NO2. The molecule has 2 N–H and O–H groups in total. The molecule has 0 aromatic heterocycles. The summed E-state index contributed by atoms with van der Waals surface area (Å²) >= 11 is 6.85. The highest BCUT2D eigenvalue weighted by Crippen LogP contribution is 2.25. The maximum absolute atomic E-state index is 8.50. The molecule has 0 unspecified atom stereocenters. The Bertz CT molecular complexity index is 307. The van der Waals surface area contributed by atoms with Crippen molar-refractivity contribution in [3.8, 4) is 0 Å². The van der Waals surface area contributed by atoms with Gasteiger partial charge in [-0.25, -0.2) is 0 Å². The third-order valence-electron chi connectivity index (χ3n) is 1.73. The second kappa shape index (κ2) is 7.22. The monoisotopic (exact) mass is 337 g/mol. The minimum Gasteiger partial charge on any atom is -0.394 e. The number of ether oxygens (including phenoxy) is 1. The molecule has 1 rings (SSSR count). The maximum atomic E-state index is 8.50. The van der Waals surface area contributed by atoms with Gasteiger partial charge in [0.05, 0.1) is 19.8 Å². The molecule has 0 atom stereocenters. The number of benzene rings is 1. The summed E-state index contributed by atoms with van der Waals surface area (Å²) in [6.07, 6.45) is 0. The van der Waals surface area contributed by atoms with E-state index in [1.165, 1.54) is 0 Å². The van der Waals surface area contributed by atoms with E-state index in [1.807, 2.05) is 18.2 Å². The van der Waals surface area contributed by atoms with Gasteiger partial charge in [-0.1, -0.05) is 15.9 Å². The molecule has 0 bridgehead atoms. The fraction of sp³-hybridized carbons (Fsp3) is 0.400. The van der Waals surface area contributed by atoms with Gasteiger partial charge in [-0.2, -0.15) is 0 Å². The zero-order valence-corrected chi connectivity index (χ0v) is 11.3. The van der Waals surface area contributed by atoms with E-state index in [2.05, 4.69) is 37.2 Å². The van der Waals surface area contributed by atoms with E-state index in [-0.39, 0.29) is 6.61 Å². The second-order valence-corrected chi connectivity index (χ2v) is 4.66. The van der Waals surface area contributed by atoms with Crippen molar-refractivity contribution in [3.63, 3.8) is 0 Å². The highest BCUT2D eigenvalue weighted by Gasteiger charge is 1.99. The van der Waals surface area contributed by atoms with Gasteiger partial charge in [0.1, 0.15) is 0 Å². The quantitative estimate of drug-likeness (QED) is 0.783. The highest BCUT2D eigenvalue weighted by molar-refractivity contribution is 9.11. The molecule has 0 saturated carbocycles. The molecule has 0 radical (unpaired) electrons. The number of halogens is 2. The van der Waals surface area contributed by atoms with Crippen molar-refractivity contribution in [2.24, 2.45) is 0 Å². The number of nitrogens with one attached hydrogen (secondary N) is 1. The number of aliphatic hydroxyl groups excluding tert-OH is 1. The number of anilines is 1. The van der Waals surface area contributed by atoms with Crippen LogP contribution < -0.4 is 5.32 Å². The molecule has 0 spiro atoms. The van der Waals surface area contributed by atoms with Crippen LogP contribution in [0.1, 0.15) is 0 Å². The van der Waals surface area contributed by atoms with E-state index in [1.54, 1.807) is 0 Å². The van der Waals surface area contributed by atoms with Gasteiger partial charge in [0.25, 0.3) is 0 Å². The number of hydrogen-bond acceptors (Lipinski definition) is 3. The number of hydrogen-bond donors (Lipinski definition) is 2. The summed E-state index contributed by atoms with van der Waals surface area (Å²) in [4.78, 5) is 0. The van der Waals surface area contributed by atoms with Gasteiger partial charge in [-0.3, -0.25) is 0 Å². The van der Waals surface area contributed by atoms with Crippen LogP contribution in [0.5, 0.6) is 0 Å². The van der Waals surface area contributed by atoms with Crippen molar-refractivity contribution in [1.82, 2.24) is 0 Å². The largest absolute Gasteiger partial charge is 0.394 e. The lowest BCUT2D eigenvalue weighted by molar-refractivity contribution is 0.0992. The van der Waals surface area contributed by atoms with Crippen LogP contribution in [-0.2, 0) is 4.74 Å². The normalized spacial score (nSPS) is 10.3. The van der Waals surface area contributed by atoms with Crippen LogP contribution in [0.15, 0.2) is 27.1 Å². The lowest BCUT2D eigenvalue weighted by atomic mass is 10.3.